The van der Waals surface area contributed by atoms with Crippen LogP contribution in [0.5, 0.6) is 5.75 Å². The molecule has 4 rings (SSSR count). The first-order valence-corrected chi connectivity index (χ1v) is 10.1. The second-order valence-electron chi connectivity index (χ2n) is 8.13. The summed E-state index contributed by atoms with van der Waals surface area (Å²) in [7, 11) is 0. The minimum atomic E-state index is -0.296. The van der Waals surface area contributed by atoms with Crippen molar-refractivity contribution in [2.75, 3.05) is 12.0 Å². The van der Waals surface area contributed by atoms with Gasteiger partial charge in [0.15, 0.2) is 5.75 Å². The number of hydrogen-bond acceptors (Lipinski definition) is 3. The molecule has 144 valence electrons. The Balaban J connectivity index is 1.34. The fourth-order valence-electron chi connectivity index (χ4n) is 4.68. The summed E-state index contributed by atoms with van der Waals surface area (Å²) < 4.78 is 13.4. The first-order valence-electron chi connectivity index (χ1n) is 10.1. The van der Waals surface area contributed by atoms with Gasteiger partial charge in [0.1, 0.15) is 5.82 Å². The number of rotatable bonds is 5. The van der Waals surface area contributed by atoms with Crippen molar-refractivity contribution in [2.24, 2.45) is 0 Å². The average molecular weight is 368 g/mol. The molecule has 4 heteroatoms. The zero-order chi connectivity index (χ0) is 18.8. The van der Waals surface area contributed by atoms with E-state index in [2.05, 4.69) is 41.6 Å². The van der Waals surface area contributed by atoms with Crippen molar-refractivity contribution in [1.29, 1.82) is 0 Å². The van der Waals surface area contributed by atoms with Crippen LogP contribution in [-0.2, 0) is 0 Å². The first kappa shape index (κ1) is 18.3. The number of benzene rings is 2. The van der Waals surface area contributed by atoms with Crippen molar-refractivity contribution < 1.29 is 9.23 Å². The Kier molecular flexibility index (Phi) is 5.35. The van der Waals surface area contributed by atoms with Gasteiger partial charge in [-0.2, -0.15) is 0 Å². The summed E-state index contributed by atoms with van der Waals surface area (Å²) in [5.41, 5.74) is 6.12. The average Bonchev–Trinajstić information content (AvgIpc) is 3.32. The van der Waals surface area contributed by atoms with E-state index < -0.39 is 0 Å². The molecule has 2 aliphatic rings. The molecule has 1 unspecified atom stereocenters. The number of nitrogens with one attached hydrogen (secondary N) is 1. The summed E-state index contributed by atoms with van der Waals surface area (Å²) in [4.78, 5) is 8.30. The Hall–Kier alpha value is -2.07. The van der Waals surface area contributed by atoms with Crippen LogP contribution in [-0.4, -0.2) is 23.5 Å². The molecule has 2 aromatic rings. The predicted octanol–water partition coefficient (Wildman–Crippen LogP) is 5.66. The van der Waals surface area contributed by atoms with Crippen molar-refractivity contribution in [3.8, 4) is 5.75 Å². The molecule has 2 fully saturated rings. The van der Waals surface area contributed by atoms with Gasteiger partial charge < -0.3 is 4.84 Å². The summed E-state index contributed by atoms with van der Waals surface area (Å²) in [6, 6.07) is 14.6. The summed E-state index contributed by atoms with van der Waals surface area (Å²) in [5.74, 6) is 0.872. The molecule has 0 amide bonds. The van der Waals surface area contributed by atoms with Crippen LogP contribution in [0.3, 0.4) is 0 Å². The second-order valence-corrected chi connectivity index (χ2v) is 8.13. The maximum Gasteiger partial charge on any atom is 0.160 e. The molecule has 0 spiro atoms. The smallest absolute Gasteiger partial charge is 0.160 e. The molecule has 3 nitrogen and oxygen atoms in total. The molecule has 0 bridgehead atoms. The first-order chi connectivity index (χ1) is 13.1. The van der Waals surface area contributed by atoms with Gasteiger partial charge in [-0.05, 0) is 87.7 Å². The molecule has 1 aliphatic carbocycles. The molecular formula is C23H29FN2O. The topological polar surface area (TPSA) is 24.5 Å². The summed E-state index contributed by atoms with van der Waals surface area (Å²) in [6.07, 6.45) is 6.58. The highest BCUT2D eigenvalue weighted by Crippen LogP contribution is 2.39. The van der Waals surface area contributed by atoms with Gasteiger partial charge in [-0.25, -0.2) is 9.87 Å². The molecule has 2 aromatic carbocycles. The van der Waals surface area contributed by atoms with E-state index in [0.717, 1.165) is 23.3 Å². The third-order valence-electron chi connectivity index (χ3n) is 6.29. The Morgan fingerprint density at radius 3 is 2.63 bits per heavy atom. The maximum absolute atomic E-state index is 13.4. The fourth-order valence-corrected chi connectivity index (χ4v) is 4.68. The second kappa shape index (κ2) is 7.89. The van der Waals surface area contributed by atoms with E-state index >= 15 is 0 Å². The number of anilines is 1. The fraction of sp³-hybridized carbons (Fsp3) is 0.478. The van der Waals surface area contributed by atoms with Gasteiger partial charge in [0, 0.05) is 18.2 Å². The highest BCUT2D eigenvalue weighted by atomic mass is 19.1. The summed E-state index contributed by atoms with van der Waals surface area (Å²) in [5, 5.41) is 0. The molecule has 0 radical (unpaired) electrons. The SMILES string of the molecule is Cc1ccc(F)cc1ONc1ccc([C@H]2CCC(N3CCC[C@@H]3C)C2)cc1. The van der Waals surface area contributed by atoms with E-state index in [1.165, 1.54) is 56.3 Å². The zero-order valence-electron chi connectivity index (χ0n) is 16.2. The number of nitrogens with zero attached hydrogens (tertiary/aromatic N) is 1. The Morgan fingerprint density at radius 1 is 1.07 bits per heavy atom. The van der Waals surface area contributed by atoms with Crippen molar-refractivity contribution in [2.45, 2.75) is 64.0 Å². The molecule has 1 heterocycles. The van der Waals surface area contributed by atoms with Crippen molar-refractivity contribution in [3.63, 3.8) is 0 Å². The van der Waals surface area contributed by atoms with Crippen LogP contribution in [0.25, 0.3) is 0 Å². The number of hydrogen-bond donors (Lipinski definition) is 1. The molecular weight excluding hydrogens is 339 g/mol. The van der Waals surface area contributed by atoms with E-state index in [9.17, 15) is 4.39 Å². The van der Waals surface area contributed by atoms with Gasteiger partial charge in [0.05, 0.1) is 5.69 Å². The Labute approximate surface area is 161 Å². The lowest BCUT2D eigenvalue weighted by molar-refractivity contribution is 0.191. The molecule has 1 saturated heterocycles. The standard InChI is InChI=1S/C23H29FN2O/c1-16-5-9-20(24)15-23(16)27-25-21-10-6-18(7-11-21)19-8-12-22(14-19)26-13-3-4-17(26)2/h5-7,9-11,15,17,19,22,25H,3-4,8,12-14H2,1-2H3/t17-,19-,22?/m0/s1. The zero-order valence-corrected chi connectivity index (χ0v) is 16.2. The van der Waals surface area contributed by atoms with Gasteiger partial charge in [0.2, 0.25) is 0 Å². The van der Waals surface area contributed by atoms with Gasteiger partial charge >= 0.3 is 0 Å². The number of likely N-dealkylation sites (tertiary alicyclic amines) is 1. The highest BCUT2D eigenvalue weighted by molar-refractivity contribution is 5.45. The van der Waals surface area contributed by atoms with E-state index in [4.69, 9.17) is 4.84 Å². The molecule has 1 aliphatic heterocycles. The number of halogens is 1. The van der Waals surface area contributed by atoms with Gasteiger partial charge in [-0.1, -0.05) is 18.2 Å². The van der Waals surface area contributed by atoms with E-state index in [1.54, 1.807) is 6.07 Å². The van der Waals surface area contributed by atoms with Crippen LogP contribution in [0, 0.1) is 12.7 Å². The lowest BCUT2D eigenvalue weighted by Crippen LogP contribution is -2.35. The molecule has 1 N–H and O–H groups in total. The van der Waals surface area contributed by atoms with E-state index in [1.807, 2.05) is 6.92 Å². The minimum absolute atomic E-state index is 0.296. The molecule has 27 heavy (non-hydrogen) atoms. The van der Waals surface area contributed by atoms with Gasteiger partial charge in [0.25, 0.3) is 0 Å². The van der Waals surface area contributed by atoms with Crippen LogP contribution >= 0.6 is 0 Å². The van der Waals surface area contributed by atoms with Gasteiger partial charge in [-0.15, -0.1) is 0 Å². The lowest BCUT2D eigenvalue weighted by Gasteiger charge is -2.28. The van der Waals surface area contributed by atoms with Gasteiger partial charge in [-0.3, -0.25) is 4.90 Å². The minimum Gasteiger partial charge on any atom is -0.382 e. The third kappa shape index (κ3) is 4.11. The van der Waals surface area contributed by atoms with Crippen molar-refractivity contribution >= 4 is 5.69 Å². The maximum atomic E-state index is 13.4. The van der Waals surface area contributed by atoms with Crippen LogP contribution in [0.4, 0.5) is 10.1 Å². The predicted molar refractivity (Wildman–Crippen MR) is 108 cm³/mol. The van der Waals surface area contributed by atoms with Crippen LogP contribution < -0.4 is 10.3 Å². The largest absolute Gasteiger partial charge is 0.382 e. The van der Waals surface area contributed by atoms with Crippen molar-refractivity contribution in [1.82, 2.24) is 4.90 Å². The van der Waals surface area contributed by atoms with Crippen molar-refractivity contribution in [3.05, 3.63) is 59.4 Å². The summed E-state index contributed by atoms with van der Waals surface area (Å²) >= 11 is 0. The molecule has 0 aromatic heterocycles. The quantitative estimate of drug-likeness (QED) is 0.689. The van der Waals surface area contributed by atoms with E-state index in [-0.39, 0.29) is 5.82 Å². The van der Waals surface area contributed by atoms with E-state index in [0.29, 0.717) is 11.7 Å². The highest BCUT2D eigenvalue weighted by Gasteiger charge is 2.34. The monoisotopic (exact) mass is 368 g/mol. The normalized spacial score (nSPS) is 25.7. The molecule has 3 atom stereocenters. The summed E-state index contributed by atoms with van der Waals surface area (Å²) in [6.45, 7) is 5.55. The molecule has 1 saturated carbocycles. The Bertz CT molecular complexity index is 776. The third-order valence-corrected chi connectivity index (χ3v) is 6.29. The van der Waals surface area contributed by atoms with Crippen LogP contribution in [0.15, 0.2) is 42.5 Å². The number of aryl methyl sites for hydroxylation is 1. The lowest BCUT2D eigenvalue weighted by atomic mass is 9.97. The van der Waals surface area contributed by atoms with Crippen LogP contribution in [0.1, 0.15) is 56.1 Å². The Morgan fingerprint density at radius 2 is 1.89 bits per heavy atom. The van der Waals surface area contributed by atoms with Crippen LogP contribution in [0.2, 0.25) is 0 Å².